The third-order valence-corrected chi connectivity index (χ3v) is 4.51. The molecule has 0 unspecified atom stereocenters. The summed E-state index contributed by atoms with van der Waals surface area (Å²) in [4.78, 5) is 20.9. The summed E-state index contributed by atoms with van der Waals surface area (Å²) in [5.74, 6) is 0.207. The second-order valence-corrected chi connectivity index (χ2v) is 6.49. The van der Waals surface area contributed by atoms with E-state index < -0.39 is 0 Å². The van der Waals surface area contributed by atoms with Gasteiger partial charge in [0.1, 0.15) is 11.3 Å². The molecule has 3 aromatic heterocycles. The molecule has 0 atom stereocenters. The van der Waals surface area contributed by atoms with Crippen LogP contribution in [0.4, 0.5) is 5.69 Å². The lowest BCUT2D eigenvalue weighted by Crippen LogP contribution is -2.20. The van der Waals surface area contributed by atoms with Gasteiger partial charge in [-0.1, -0.05) is 11.6 Å². The normalized spacial score (nSPS) is 11.1. The number of carbonyl (C=O) groups excluding carboxylic acids is 1. The molecule has 0 aliphatic carbocycles. The van der Waals surface area contributed by atoms with E-state index in [-0.39, 0.29) is 12.5 Å². The van der Waals surface area contributed by atoms with Gasteiger partial charge >= 0.3 is 0 Å². The van der Waals surface area contributed by atoms with Crippen LogP contribution in [-0.4, -0.2) is 32.3 Å². The number of pyridine rings is 2. The zero-order valence-electron chi connectivity index (χ0n) is 14.7. The maximum atomic E-state index is 12.3. The van der Waals surface area contributed by atoms with E-state index in [0.29, 0.717) is 22.0 Å². The molecule has 0 aliphatic heterocycles. The zero-order valence-corrected chi connectivity index (χ0v) is 15.5. The molecule has 7 nitrogen and oxygen atoms in total. The van der Waals surface area contributed by atoms with Crippen molar-refractivity contribution >= 4 is 45.1 Å². The van der Waals surface area contributed by atoms with Crippen LogP contribution in [0.5, 0.6) is 5.75 Å². The van der Waals surface area contributed by atoms with Gasteiger partial charge in [0.25, 0.3) is 5.91 Å². The number of aryl methyl sites for hydroxylation is 2. The molecule has 4 rings (SSSR count). The first-order chi connectivity index (χ1) is 13.0. The van der Waals surface area contributed by atoms with Crippen molar-refractivity contribution in [1.82, 2.24) is 19.7 Å². The van der Waals surface area contributed by atoms with E-state index >= 15 is 0 Å². The van der Waals surface area contributed by atoms with Gasteiger partial charge in [-0.25, -0.2) is 4.98 Å². The van der Waals surface area contributed by atoms with Crippen LogP contribution in [0.3, 0.4) is 0 Å². The first kappa shape index (κ1) is 17.2. The molecule has 0 saturated heterocycles. The van der Waals surface area contributed by atoms with Crippen LogP contribution in [0.1, 0.15) is 5.69 Å². The fraction of sp³-hybridized carbons (Fsp3) is 0.158. The average molecular weight is 382 g/mol. The number of halogens is 1. The number of rotatable bonds is 4. The molecule has 136 valence electrons. The van der Waals surface area contributed by atoms with Crippen molar-refractivity contribution in [1.29, 1.82) is 0 Å². The largest absolute Gasteiger partial charge is 0.481 e. The summed E-state index contributed by atoms with van der Waals surface area (Å²) < 4.78 is 7.36. The van der Waals surface area contributed by atoms with Crippen molar-refractivity contribution in [3.05, 3.63) is 53.4 Å². The Morgan fingerprint density at radius 3 is 2.96 bits per heavy atom. The number of ether oxygens (including phenoxy) is 1. The number of nitrogens with one attached hydrogen (secondary N) is 1. The number of benzene rings is 1. The van der Waals surface area contributed by atoms with E-state index in [2.05, 4.69) is 20.4 Å². The molecule has 0 saturated carbocycles. The number of anilines is 1. The topological polar surface area (TPSA) is 81.9 Å². The van der Waals surface area contributed by atoms with Crippen LogP contribution in [0, 0.1) is 6.92 Å². The fourth-order valence-electron chi connectivity index (χ4n) is 2.95. The van der Waals surface area contributed by atoms with E-state index in [4.69, 9.17) is 16.3 Å². The summed E-state index contributed by atoms with van der Waals surface area (Å²) >= 11 is 6.17. The third-order valence-electron chi connectivity index (χ3n) is 4.18. The second-order valence-electron chi connectivity index (χ2n) is 6.09. The molecule has 0 fully saturated rings. The Morgan fingerprint density at radius 1 is 1.26 bits per heavy atom. The predicted octanol–water partition coefficient (Wildman–Crippen LogP) is 3.50. The van der Waals surface area contributed by atoms with Crippen molar-refractivity contribution in [2.45, 2.75) is 6.92 Å². The Hall–Kier alpha value is -3.19. The summed E-state index contributed by atoms with van der Waals surface area (Å²) in [6, 6.07) is 8.93. The van der Waals surface area contributed by atoms with E-state index in [1.165, 1.54) is 0 Å². The molecule has 0 aliphatic rings. The maximum Gasteiger partial charge on any atom is 0.262 e. The fourth-order valence-corrected chi connectivity index (χ4v) is 3.16. The number of nitrogens with zero attached hydrogens (tertiary/aromatic N) is 4. The quantitative estimate of drug-likeness (QED) is 0.585. The summed E-state index contributed by atoms with van der Waals surface area (Å²) in [5, 5.41) is 9.37. The van der Waals surface area contributed by atoms with Crippen LogP contribution in [0.2, 0.25) is 5.02 Å². The molecular weight excluding hydrogens is 366 g/mol. The van der Waals surface area contributed by atoms with Crippen molar-refractivity contribution in [3.8, 4) is 5.75 Å². The van der Waals surface area contributed by atoms with Crippen LogP contribution in [0.25, 0.3) is 21.9 Å². The van der Waals surface area contributed by atoms with Gasteiger partial charge in [-0.15, -0.1) is 0 Å². The highest BCUT2D eigenvalue weighted by molar-refractivity contribution is 6.35. The smallest absolute Gasteiger partial charge is 0.262 e. The van der Waals surface area contributed by atoms with E-state index in [1.54, 1.807) is 35.3 Å². The molecule has 0 bridgehead atoms. The molecular formula is C19H16ClN5O2. The van der Waals surface area contributed by atoms with Crippen LogP contribution < -0.4 is 10.1 Å². The Kier molecular flexibility index (Phi) is 4.37. The summed E-state index contributed by atoms with van der Waals surface area (Å²) in [5.41, 5.74) is 2.82. The lowest BCUT2D eigenvalue weighted by molar-refractivity contribution is -0.118. The molecule has 4 aromatic rings. The predicted molar refractivity (Wildman–Crippen MR) is 104 cm³/mol. The van der Waals surface area contributed by atoms with Gasteiger partial charge in [0.05, 0.1) is 22.6 Å². The maximum absolute atomic E-state index is 12.3. The van der Waals surface area contributed by atoms with E-state index in [0.717, 1.165) is 22.1 Å². The minimum absolute atomic E-state index is 0.155. The van der Waals surface area contributed by atoms with Crippen LogP contribution in [-0.2, 0) is 11.8 Å². The number of hydrogen-bond donors (Lipinski definition) is 1. The summed E-state index contributed by atoms with van der Waals surface area (Å²) in [6.07, 6.45) is 3.25. The molecule has 0 radical (unpaired) electrons. The molecule has 0 spiro atoms. The minimum atomic E-state index is -0.295. The standard InChI is InChI=1S/C19H16ClN5O2/c1-11-14-8-12(9-22-19(14)25(2)24-11)23-17(26)10-27-16-6-5-15(20)13-4-3-7-21-18(13)16/h3-9H,10H2,1-2H3,(H,23,26). The Bertz CT molecular complexity index is 1170. The van der Waals surface area contributed by atoms with Crippen LogP contribution >= 0.6 is 11.6 Å². The monoisotopic (exact) mass is 381 g/mol. The van der Waals surface area contributed by atoms with Gasteiger partial charge < -0.3 is 10.1 Å². The van der Waals surface area contributed by atoms with Gasteiger partial charge in [0, 0.05) is 24.0 Å². The van der Waals surface area contributed by atoms with Crippen molar-refractivity contribution in [3.63, 3.8) is 0 Å². The number of hydrogen-bond acceptors (Lipinski definition) is 5. The summed E-state index contributed by atoms with van der Waals surface area (Å²) in [6.45, 7) is 1.74. The number of carbonyl (C=O) groups is 1. The van der Waals surface area contributed by atoms with Crippen molar-refractivity contribution in [2.24, 2.45) is 7.05 Å². The van der Waals surface area contributed by atoms with Gasteiger partial charge in [0.15, 0.2) is 12.3 Å². The van der Waals surface area contributed by atoms with Crippen LogP contribution in [0.15, 0.2) is 42.7 Å². The lowest BCUT2D eigenvalue weighted by atomic mass is 10.2. The second kappa shape index (κ2) is 6.85. The highest BCUT2D eigenvalue weighted by Crippen LogP contribution is 2.29. The zero-order chi connectivity index (χ0) is 19.0. The average Bonchev–Trinajstić information content (AvgIpc) is 2.95. The Balaban J connectivity index is 1.49. The van der Waals surface area contributed by atoms with Gasteiger partial charge in [-0.3, -0.25) is 14.5 Å². The molecule has 27 heavy (non-hydrogen) atoms. The number of aromatic nitrogens is 4. The number of fused-ring (bicyclic) bond motifs is 2. The van der Waals surface area contributed by atoms with Crippen molar-refractivity contribution in [2.75, 3.05) is 11.9 Å². The Morgan fingerprint density at radius 2 is 2.11 bits per heavy atom. The molecule has 3 heterocycles. The van der Waals surface area contributed by atoms with E-state index in [9.17, 15) is 4.79 Å². The molecule has 8 heteroatoms. The van der Waals surface area contributed by atoms with Gasteiger partial charge in [-0.2, -0.15) is 5.10 Å². The first-order valence-electron chi connectivity index (χ1n) is 8.28. The SMILES string of the molecule is Cc1nn(C)c2ncc(NC(=O)COc3ccc(Cl)c4cccnc34)cc12. The first-order valence-corrected chi connectivity index (χ1v) is 8.66. The van der Waals surface area contributed by atoms with E-state index in [1.807, 2.05) is 26.1 Å². The molecule has 1 aromatic carbocycles. The highest BCUT2D eigenvalue weighted by Gasteiger charge is 2.11. The lowest BCUT2D eigenvalue weighted by Gasteiger charge is -2.10. The third kappa shape index (κ3) is 3.29. The Labute approximate surface area is 159 Å². The molecule has 1 amide bonds. The summed E-state index contributed by atoms with van der Waals surface area (Å²) in [7, 11) is 1.83. The highest BCUT2D eigenvalue weighted by atomic mass is 35.5. The molecule has 1 N–H and O–H groups in total. The van der Waals surface area contributed by atoms with Gasteiger partial charge in [0.2, 0.25) is 0 Å². The van der Waals surface area contributed by atoms with Gasteiger partial charge in [-0.05, 0) is 37.3 Å². The number of amides is 1. The van der Waals surface area contributed by atoms with Crippen molar-refractivity contribution < 1.29 is 9.53 Å². The minimum Gasteiger partial charge on any atom is -0.481 e.